The second-order valence-corrected chi connectivity index (χ2v) is 4.41. The number of hydrogen-bond donors (Lipinski definition) is 3. The molecule has 0 aliphatic rings. The molecule has 0 bridgehead atoms. The van der Waals surface area contributed by atoms with Crippen LogP contribution >= 0.6 is 0 Å². The maximum atomic E-state index is 11.4. The van der Waals surface area contributed by atoms with Crippen LogP contribution < -0.4 is 10.1 Å². The molecular formula is C14H19NO5. The van der Waals surface area contributed by atoms with E-state index in [2.05, 4.69) is 5.32 Å². The van der Waals surface area contributed by atoms with Crippen molar-refractivity contribution in [2.45, 2.75) is 25.9 Å². The second kappa shape index (κ2) is 8.16. The Balaban J connectivity index is 2.16. The van der Waals surface area contributed by atoms with Gasteiger partial charge >= 0.3 is 5.97 Å². The highest BCUT2D eigenvalue weighted by molar-refractivity contribution is 5.76. The fourth-order valence-corrected chi connectivity index (χ4v) is 1.53. The van der Waals surface area contributed by atoms with Crippen molar-refractivity contribution in [3.05, 3.63) is 29.8 Å². The van der Waals surface area contributed by atoms with E-state index in [1.807, 2.05) is 31.2 Å². The number of rotatable bonds is 8. The molecule has 1 aromatic rings. The number of nitrogens with one attached hydrogen (secondary N) is 1. The van der Waals surface area contributed by atoms with Crippen LogP contribution in [0.3, 0.4) is 0 Å². The van der Waals surface area contributed by atoms with Gasteiger partial charge in [0.1, 0.15) is 5.75 Å². The molecule has 0 aromatic heterocycles. The fraction of sp³-hybridized carbons (Fsp3) is 0.429. The van der Waals surface area contributed by atoms with Gasteiger partial charge in [-0.25, -0.2) is 4.79 Å². The van der Waals surface area contributed by atoms with Gasteiger partial charge in [0, 0.05) is 13.0 Å². The van der Waals surface area contributed by atoms with Crippen LogP contribution in [-0.2, 0) is 9.59 Å². The van der Waals surface area contributed by atoms with E-state index in [-0.39, 0.29) is 31.9 Å². The first-order valence-corrected chi connectivity index (χ1v) is 6.36. The summed E-state index contributed by atoms with van der Waals surface area (Å²) < 4.78 is 5.42. The van der Waals surface area contributed by atoms with Gasteiger partial charge in [0.25, 0.3) is 0 Å². The van der Waals surface area contributed by atoms with Crippen LogP contribution in [0.4, 0.5) is 0 Å². The zero-order chi connectivity index (χ0) is 15.0. The first-order chi connectivity index (χ1) is 9.49. The van der Waals surface area contributed by atoms with Crippen molar-refractivity contribution >= 4 is 11.9 Å². The maximum Gasteiger partial charge on any atom is 0.332 e. The molecule has 0 saturated carbocycles. The summed E-state index contributed by atoms with van der Waals surface area (Å²) in [4.78, 5) is 21.8. The number of aliphatic carboxylic acids is 1. The summed E-state index contributed by atoms with van der Waals surface area (Å²) in [5.74, 6) is -0.823. The normalized spacial score (nSPS) is 11.7. The SMILES string of the molecule is Cc1cccc(OCCC(=O)NCCC(O)C(=O)O)c1. The van der Waals surface area contributed by atoms with Crippen LogP contribution in [0, 0.1) is 6.92 Å². The number of carbonyl (C=O) groups is 2. The monoisotopic (exact) mass is 281 g/mol. The Kier molecular flexibility index (Phi) is 6.52. The van der Waals surface area contributed by atoms with E-state index in [1.165, 1.54) is 0 Å². The molecular weight excluding hydrogens is 262 g/mol. The summed E-state index contributed by atoms with van der Waals surface area (Å²) in [6.45, 7) is 2.32. The minimum atomic E-state index is -1.45. The van der Waals surface area contributed by atoms with Crippen molar-refractivity contribution in [2.24, 2.45) is 0 Å². The van der Waals surface area contributed by atoms with Gasteiger partial charge in [-0.05, 0) is 24.6 Å². The Morgan fingerprint density at radius 1 is 1.40 bits per heavy atom. The summed E-state index contributed by atoms with van der Waals surface area (Å²) in [6.07, 6.45) is -1.28. The highest BCUT2D eigenvalue weighted by atomic mass is 16.5. The van der Waals surface area contributed by atoms with E-state index in [1.54, 1.807) is 0 Å². The summed E-state index contributed by atoms with van der Waals surface area (Å²) in [7, 11) is 0. The van der Waals surface area contributed by atoms with Crippen molar-refractivity contribution in [1.82, 2.24) is 5.32 Å². The number of carboxylic acid groups (broad SMARTS) is 1. The Morgan fingerprint density at radius 3 is 2.80 bits per heavy atom. The number of aliphatic hydroxyl groups is 1. The molecule has 110 valence electrons. The van der Waals surface area contributed by atoms with Crippen LogP contribution in [0.1, 0.15) is 18.4 Å². The molecule has 1 rings (SSSR count). The average molecular weight is 281 g/mol. The van der Waals surface area contributed by atoms with Crippen LogP contribution in [-0.4, -0.2) is 41.3 Å². The number of hydrogen-bond acceptors (Lipinski definition) is 4. The zero-order valence-corrected chi connectivity index (χ0v) is 11.3. The summed E-state index contributed by atoms with van der Waals surface area (Å²) in [6, 6.07) is 7.51. The van der Waals surface area contributed by atoms with Gasteiger partial charge in [0.05, 0.1) is 13.0 Å². The first kappa shape index (κ1) is 16.0. The van der Waals surface area contributed by atoms with Crippen molar-refractivity contribution < 1.29 is 24.5 Å². The highest BCUT2D eigenvalue weighted by Crippen LogP contribution is 2.12. The molecule has 6 heteroatoms. The van der Waals surface area contributed by atoms with E-state index in [9.17, 15) is 9.59 Å². The molecule has 0 aliphatic carbocycles. The average Bonchev–Trinajstić information content (AvgIpc) is 2.38. The van der Waals surface area contributed by atoms with Gasteiger partial charge in [-0.1, -0.05) is 12.1 Å². The van der Waals surface area contributed by atoms with Crippen LogP contribution in [0.15, 0.2) is 24.3 Å². The zero-order valence-electron chi connectivity index (χ0n) is 11.3. The molecule has 3 N–H and O–H groups in total. The minimum absolute atomic E-state index is 0.0141. The lowest BCUT2D eigenvalue weighted by atomic mass is 10.2. The van der Waals surface area contributed by atoms with Crippen molar-refractivity contribution in [2.75, 3.05) is 13.2 Å². The molecule has 20 heavy (non-hydrogen) atoms. The predicted octanol–water partition coefficient (Wildman–Crippen LogP) is 0.716. The summed E-state index contributed by atoms with van der Waals surface area (Å²) >= 11 is 0. The third-order valence-corrected chi connectivity index (χ3v) is 2.61. The van der Waals surface area contributed by atoms with Gasteiger partial charge in [0.15, 0.2) is 6.10 Å². The third kappa shape index (κ3) is 6.19. The number of aliphatic hydroxyl groups excluding tert-OH is 1. The Bertz CT molecular complexity index is 461. The highest BCUT2D eigenvalue weighted by Gasteiger charge is 2.12. The second-order valence-electron chi connectivity index (χ2n) is 4.41. The minimum Gasteiger partial charge on any atom is -0.493 e. The molecule has 0 radical (unpaired) electrons. The van der Waals surface area contributed by atoms with Crippen molar-refractivity contribution in [3.63, 3.8) is 0 Å². The Labute approximate surface area is 117 Å². The first-order valence-electron chi connectivity index (χ1n) is 6.36. The van der Waals surface area contributed by atoms with Gasteiger partial charge in [-0.3, -0.25) is 4.79 Å². The number of carbonyl (C=O) groups excluding carboxylic acids is 1. The summed E-state index contributed by atoms with van der Waals surface area (Å²) in [5.41, 5.74) is 1.08. The predicted molar refractivity (Wildman–Crippen MR) is 72.6 cm³/mol. The van der Waals surface area contributed by atoms with E-state index in [4.69, 9.17) is 14.9 Å². The molecule has 0 aliphatic heterocycles. The smallest absolute Gasteiger partial charge is 0.332 e. The van der Waals surface area contributed by atoms with Crippen LogP contribution in [0.5, 0.6) is 5.75 Å². The lowest BCUT2D eigenvalue weighted by molar-refractivity contribution is -0.147. The molecule has 1 amide bonds. The van der Waals surface area contributed by atoms with Crippen molar-refractivity contribution in [3.8, 4) is 5.75 Å². The lowest BCUT2D eigenvalue weighted by Gasteiger charge is -2.08. The fourth-order valence-electron chi connectivity index (χ4n) is 1.53. The largest absolute Gasteiger partial charge is 0.493 e. The van der Waals surface area contributed by atoms with Gasteiger partial charge < -0.3 is 20.3 Å². The van der Waals surface area contributed by atoms with Gasteiger partial charge in [0.2, 0.25) is 5.91 Å². The Morgan fingerprint density at radius 2 is 2.15 bits per heavy atom. The number of carboxylic acids is 1. The molecule has 0 fully saturated rings. The third-order valence-electron chi connectivity index (χ3n) is 2.61. The van der Waals surface area contributed by atoms with E-state index in [0.717, 1.165) is 5.56 Å². The van der Waals surface area contributed by atoms with Crippen molar-refractivity contribution in [1.29, 1.82) is 0 Å². The molecule has 0 spiro atoms. The van der Waals surface area contributed by atoms with Crippen LogP contribution in [0.25, 0.3) is 0 Å². The van der Waals surface area contributed by atoms with Gasteiger partial charge in [-0.2, -0.15) is 0 Å². The van der Waals surface area contributed by atoms with E-state index >= 15 is 0 Å². The molecule has 1 unspecified atom stereocenters. The maximum absolute atomic E-state index is 11.4. The Hall–Kier alpha value is -2.08. The van der Waals surface area contributed by atoms with Gasteiger partial charge in [-0.15, -0.1) is 0 Å². The van der Waals surface area contributed by atoms with E-state index in [0.29, 0.717) is 5.75 Å². The topological polar surface area (TPSA) is 95.9 Å². The number of amides is 1. The standard InChI is InChI=1S/C14H19NO5/c1-10-3-2-4-11(9-10)20-8-6-13(17)15-7-5-12(16)14(18)19/h2-4,9,12,16H,5-8H2,1H3,(H,15,17)(H,18,19). The molecule has 0 saturated heterocycles. The lowest BCUT2D eigenvalue weighted by Crippen LogP contribution is -2.30. The molecule has 1 aromatic carbocycles. The molecule has 6 nitrogen and oxygen atoms in total. The quantitative estimate of drug-likeness (QED) is 0.652. The summed E-state index contributed by atoms with van der Waals surface area (Å²) in [5, 5.41) is 20.0. The number of aryl methyl sites for hydroxylation is 1. The number of benzene rings is 1. The van der Waals surface area contributed by atoms with Crippen LogP contribution in [0.2, 0.25) is 0 Å². The molecule has 1 atom stereocenters. The molecule has 0 heterocycles. The number of ether oxygens (including phenoxy) is 1. The van der Waals surface area contributed by atoms with E-state index < -0.39 is 12.1 Å².